The minimum absolute atomic E-state index is 0.429. The van der Waals surface area contributed by atoms with E-state index in [1.165, 1.54) is 0 Å². The van der Waals surface area contributed by atoms with E-state index in [0.717, 1.165) is 29.2 Å². The Morgan fingerprint density at radius 3 is 2.48 bits per heavy atom. The number of benzene rings is 2. The Morgan fingerprint density at radius 1 is 1.15 bits per heavy atom. The van der Waals surface area contributed by atoms with Crippen molar-refractivity contribution >= 4 is 0 Å². The van der Waals surface area contributed by atoms with E-state index in [0.29, 0.717) is 30.6 Å². The average molecular weight is 450 g/mol. The van der Waals surface area contributed by atoms with Crippen LogP contribution in [-0.2, 0) is 6.54 Å². The van der Waals surface area contributed by atoms with Crippen molar-refractivity contribution in [1.29, 1.82) is 0 Å². The zero-order valence-corrected chi connectivity index (χ0v) is 20.3. The summed E-state index contributed by atoms with van der Waals surface area (Å²) in [5, 5.41) is 15.5. The van der Waals surface area contributed by atoms with Crippen molar-refractivity contribution in [1.82, 2.24) is 14.7 Å². The minimum Gasteiger partial charge on any atom is -0.497 e. The largest absolute Gasteiger partial charge is 0.497 e. The van der Waals surface area contributed by atoms with Gasteiger partial charge in [-0.1, -0.05) is 44.2 Å². The van der Waals surface area contributed by atoms with E-state index in [1.54, 1.807) is 20.1 Å². The molecule has 0 amide bonds. The first-order valence-electron chi connectivity index (χ1n) is 11.3. The lowest BCUT2D eigenvalue weighted by Crippen LogP contribution is -2.40. The van der Waals surface area contributed by atoms with E-state index in [9.17, 15) is 5.11 Å². The van der Waals surface area contributed by atoms with Crippen LogP contribution in [0.3, 0.4) is 0 Å². The van der Waals surface area contributed by atoms with Gasteiger partial charge in [0.25, 0.3) is 0 Å². The molecule has 0 fully saturated rings. The van der Waals surface area contributed by atoms with Gasteiger partial charge in [-0.2, -0.15) is 5.10 Å². The van der Waals surface area contributed by atoms with E-state index in [2.05, 4.69) is 25.3 Å². The van der Waals surface area contributed by atoms with Crippen molar-refractivity contribution < 1.29 is 14.6 Å². The first-order valence-corrected chi connectivity index (χ1v) is 11.3. The molecule has 1 aromatic heterocycles. The van der Waals surface area contributed by atoms with Crippen molar-refractivity contribution in [3.63, 3.8) is 0 Å². The smallest absolute Gasteiger partial charge is 0.227 e. The highest BCUT2D eigenvalue weighted by Gasteiger charge is 2.26. The average Bonchev–Trinajstić information content (AvgIpc) is 3.09. The van der Waals surface area contributed by atoms with Gasteiger partial charge < -0.3 is 14.6 Å². The molecular formula is C27H35N3O3. The minimum atomic E-state index is -0.994. The highest BCUT2D eigenvalue weighted by Crippen LogP contribution is 2.33. The molecule has 0 unspecified atom stereocenters. The van der Waals surface area contributed by atoms with Crippen LogP contribution in [0.15, 0.2) is 67.3 Å². The molecule has 0 bridgehead atoms. The van der Waals surface area contributed by atoms with Crippen LogP contribution in [0.1, 0.15) is 32.0 Å². The Kier molecular flexibility index (Phi) is 7.95. The molecule has 1 heterocycles. The molecule has 0 aliphatic carbocycles. The van der Waals surface area contributed by atoms with Gasteiger partial charge in [0.2, 0.25) is 5.88 Å². The van der Waals surface area contributed by atoms with Crippen LogP contribution in [0.5, 0.6) is 17.4 Å². The Labute approximate surface area is 197 Å². The third kappa shape index (κ3) is 6.46. The SMILES string of the molecule is C=C[C@@](C)(O)CN(Cc1c(C)nn(-c2ccccc2)c1Oc1cccc(OC)c1)CC(C)C. The monoisotopic (exact) mass is 449 g/mol. The second-order valence-corrected chi connectivity index (χ2v) is 9.02. The molecule has 1 N–H and O–H groups in total. The zero-order valence-electron chi connectivity index (χ0n) is 20.3. The highest BCUT2D eigenvalue weighted by atomic mass is 16.5. The van der Waals surface area contributed by atoms with Crippen molar-refractivity contribution in [2.75, 3.05) is 20.2 Å². The molecule has 0 saturated heterocycles. The van der Waals surface area contributed by atoms with Gasteiger partial charge in [0.1, 0.15) is 11.5 Å². The lowest BCUT2D eigenvalue weighted by atomic mass is 10.0. The molecule has 0 radical (unpaired) electrons. The van der Waals surface area contributed by atoms with Gasteiger partial charge in [-0.25, -0.2) is 4.68 Å². The number of hydrogen-bond acceptors (Lipinski definition) is 5. The molecule has 33 heavy (non-hydrogen) atoms. The van der Waals surface area contributed by atoms with Gasteiger partial charge in [-0.15, -0.1) is 6.58 Å². The van der Waals surface area contributed by atoms with Gasteiger partial charge in [-0.3, -0.25) is 4.90 Å². The normalized spacial score (nSPS) is 13.2. The van der Waals surface area contributed by atoms with Gasteiger partial charge in [-0.05, 0) is 44.0 Å². The van der Waals surface area contributed by atoms with Crippen LogP contribution in [0, 0.1) is 12.8 Å². The standard InChI is InChI=1S/C27H35N3O3/c1-7-27(5,31)19-29(17-20(2)3)18-25-21(4)28-30(22-12-9-8-10-13-22)26(25)33-24-15-11-14-23(16-24)32-6/h7-16,20,31H,1,17-19H2,2-6H3/t27-/m1/s1. The van der Waals surface area contributed by atoms with Gasteiger partial charge in [0.15, 0.2) is 0 Å². The predicted molar refractivity (Wildman–Crippen MR) is 132 cm³/mol. The van der Waals surface area contributed by atoms with Gasteiger partial charge in [0, 0.05) is 25.7 Å². The van der Waals surface area contributed by atoms with Crippen LogP contribution in [0.4, 0.5) is 0 Å². The molecule has 0 spiro atoms. The number of aromatic nitrogens is 2. The van der Waals surface area contributed by atoms with Gasteiger partial charge in [0.05, 0.1) is 29.7 Å². The number of aliphatic hydroxyl groups is 1. The van der Waals surface area contributed by atoms with Crippen molar-refractivity contribution in [3.8, 4) is 23.1 Å². The maximum atomic E-state index is 10.7. The lowest BCUT2D eigenvalue weighted by Gasteiger charge is -2.31. The summed E-state index contributed by atoms with van der Waals surface area (Å²) < 4.78 is 13.6. The summed E-state index contributed by atoms with van der Waals surface area (Å²) in [6, 6.07) is 17.5. The number of ether oxygens (including phenoxy) is 2. The van der Waals surface area contributed by atoms with Crippen molar-refractivity contribution in [2.45, 2.75) is 39.8 Å². The Morgan fingerprint density at radius 2 is 1.85 bits per heavy atom. The van der Waals surface area contributed by atoms with Crippen LogP contribution in [0.25, 0.3) is 5.69 Å². The second kappa shape index (κ2) is 10.7. The summed E-state index contributed by atoms with van der Waals surface area (Å²) in [5.41, 5.74) is 1.77. The third-order valence-corrected chi connectivity index (χ3v) is 5.38. The second-order valence-electron chi connectivity index (χ2n) is 9.02. The molecule has 3 rings (SSSR count). The molecule has 3 aromatic rings. The van der Waals surface area contributed by atoms with Crippen LogP contribution >= 0.6 is 0 Å². The van der Waals surface area contributed by atoms with Crippen molar-refractivity contribution in [2.24, 2.45) is 5.92 Å². The summed E-state index contributed by atoms with van der Waals surface area (Å²) in [6.07, 6.45) is 1.59. The summed E-state index contributed by atoms with van der Waals surface area (Å²) in [5.74, 6) is 2.47. The Bertz CT molecular complexity index is 1060. The molecule has 0 saturated carbocycles. The summed E-state index contributed by atoms with van der Waals surface area (Å²) >= 11 is 0. The van der Waals surface area contributed by atoms with E-state index >= 15 is 0 Å². The predicted octanol–water partition coefficient (Wildman–Crippen LogP) is 5.38. The number of nitrogens with zero attached hydrogens (tertiary/aromatic N) is 3. The summed E-state index contributed by atoms with van der Waals surface area (Å²) in [6.45, 7) is 13.8. The van der Waals surface area contributed by atoms with Gasteiger partial charge >= 0.3 is 0 Å². The quantitative estimate of drug-likeness (QED) is 0.399. The molecule has 176 valence electrons. The molecule has 1 atom stereocenters. The van der Waals surface area contributed by atoms with Crippen LogP contribution in [0.2, 0.25) is 0 Å². The number of aryl methyl sites for hydroxylation is 1. The summed E-state index contributed by atoms with van der Waals surface area (Å²) in [7, 11) is 1.64. The number of methoxy groups -OCH3 is 1. The molecule has 2 aromatic carbocycles. The fourth-order valence-electron chi connectivity index (χ4n) is 3.79. The highest BCUT2D eigenvalue weighted by molar-refractivity contribution is 5.44. The summed E-state index contributed by atoms with van der Waals surface area (Å²) in [4.78, 5) is 2.23. The molecular weight excluding hydrogens is 414 g/mol. The molecule has 0 aliphatic heterocycles. The van der Waals surface area contributed by atoms with E-state index in [-0.39, 0.29) is 0 Å². The third-order valence-electron chi connectivity index (χ3n) is 5.38. The molecule has 6 nitrogen and oxygen atoms in total. The fraction of sp³-hybridized carbons (Fsp3) is 0.370. The maximum Gasteiger partial charge on any atom is 0.227 e. The fourth-order valence-corrected chi connectivity index (χ4v) is 3.79. The topological polar surface area (TPSA) is 59.8 Å². The first-order chi connectivity index (χ1) is 15.7. The Hall–Kier alpha value is -3.09. The number of para-hydroxylation sites is 1. The number of hydrogen-bond donors (Lipinski definition) is 1. The maximum absolute atomic E-state index is 10.7. The van der Waals surface area contributed by atoms with E-state index in [4.69, 9.17) is 14.6 Å². The molecule has 6 heteroatoms. The van der Waals surface area contributed by atoms with E-state index in [1.807, 2.05) is 66.2 Å². The zero-order chi connectivity index (χ0) is 24.0. The Balaban J connectivity index is 2.05. The van der Waals surface area contributed by atoms with E-state index < -0.39 is 5.60 Å². The first kappa shape index (κ1) is 24.6. The van der Waals surface area contributed by atoms with Crippen LogP contribution < -0.4 is 9.47 Å². The van der Waals surface area contributed by atoms with Crippen LogP contribution in [-0.4, -0.2) is 45.6 Å². The lowest BCUT2D eigenvalue weighted by molar-refractivity contribution is 0.0537. The van der Waals surface area contributed by atoms with Crippen molar-refractivity contribution in [3.05, 3.63) is 78.5 Å². The molecule has 0 aliphatic rings. The number of rotatable bonds is 11.